The molecule has 0 aromatic heterocycles. The highest BCUT2D eigenvalue weighted by molar-refractivity contribution is 7.93. The molecule has 1 aliphatic heterocycles. The van der Waals surface area contributed by atoms with E-state index in [-0.39, 0.29) is 54.2 Å². The predicted octanol–water partition coefficient (Wildman–Crippen LogP) is 5.19. The fraction of sp³-hybridized carbons (Fsp3) is 0.793. The summed E-state index contributed by atoms with van der Waals surface area (Å²) in [5.41, 5.74) is -0.770. The highest BCUT2D eigenvalue weighted by Gasteiger charge is 2.74. The third kappa shape index (κ3) is 4.08. The van der Waals surface area contributed by atoms with Crippen molar-refractivity contribution in [2.24, 2.45) is 28.6 Å². The van der Waals surface area contributed by atoms with Gasteiger partial charge in [0.25, 0.3) is 0 Å². The molecule has 8 unspecified atom stereocenters. The molecule has 1 N–H and O–H groups in total. The number of aliphatic hydroxyl groups is 1. The van der Waals surface area contributed by atoms with E-state index in [1.54, 1.807) is 18.4 Å². The van der Waals surface area contributed by atoms with Crippen molar-refractivity contribution < 1.29 is 28.4 Å². The number of ether oxygens (including phenoxy) is 2. The van der Waals surface area contributed by atoms with Gasteiger partial charge in [-0.2, -0.15) is 0 Å². The number of allylic oxidation sites excluding steroid dienone is 4. The Morgan fingerprint density at radius 3 is 2.56 bits per heavy atom. The van der Waals surface area contributed by atoms with Crippen LogP contribution >= 0.6 is 12.0 Å². The van der Waals surface area contributed by atoms with Gasteiger partial charge in [-0.15, -0.1) is 0 Å². The molecule has 36 heavy (non-hydrogen) atoms. The summed E-state index contributed by atoms with van der Waals surface area (Å²) in [4.78, 5) is 25.3. The fourth-order valence-electron chi connectivity index (χ4n) is 8.81. The van der Waals surface area contributed by atoms with Crippen molar-refractivity contribution in [2.75, 3.05) is 19.7 Å². The van der Waals surface area contributed by atoms with E-state index in [0.717, 1.165) is 24.8 Å². The molecular weight excluding hydrogens is 476 g/mol. The Morgan fingerprint density at radius 1 is 1.19 bits per heavy atom. The Labute approximate surface area is 219 Å². The molecule has 0 spiro atoms. The third-order valence-electron chi connectivity index (χ3n) is 10.4. The molecule has 5 fully saturated rings. The molecule has 1 heterocycles. The van der Waals surface area contributed by atoms with Gasteiger partial charge < -0.3 is 18.8 Å². The van der Waals surface area contributed by atoms with E-state index in [0.29, 0.717) is 6.42 Å². The van der Waals surface area contributed by atoms with Gasteiger partial charge in [-0.25, -0.2) is 0 Å². The average molecular weight is 519 g/mol. The second-order valence-electron chi connectivity index (χ2n) is 12.1. The van der Waals surface area contributed by atoms with Gasteiger partial charge in [0.15, 0.2) is 17.2 Å². The molecule has 0 radical (unpaired) electrons. The van der Waals surface area contributed by atoms with Crippen molar-refractivity contribution >= 4 is 23.6 Å². The molecule has 4 saturated carbocycles. The van der Waals surface area contributed by atoms with Crippen LogP contribution in [0.2, 0.25) is 0 Å². The third-order valence-corrected chi connectivity index (χ3v) is 10.8. The van der Waals surface area contributed by atoms with Crippen LogP contribution in [0.3, 0.4) is 0 Å². The van der Waals surface area contributed by atoms with Crippen molar-refractivity contribution in [3.63, 3.8) is 0 Å². The molecule has 1 saturated heterocycles. The maximum absolute atomic E-state index is 13.4. The maximum atomic E-state index is 13.4. The molecule has 0 aromatic carbocycles. The second kappa shape index (κ2) is 10.3. The zero-order chi connectivity index (χ0) is 25.6. The summed E-state index contributed by atoms with van der Waals surface area (Å²) in [6, 6.07) is 0. The highest BCUT2D eigenvalue weighted by Crippen LogP contribution is 2.69. The number of hydrogen-bond donors (Lipinski definition) is 1. The van der Waals surface area contributed by atoms with Crippen molar-refractivity contribution in [1.29, 1.82) is 0 Å². The number of rotatable bonds is 4. The average Bonchev–Trinajstić information content (AvgIpc) is 3.41. The normalized spacial score (nSPS) is 44.9. The molecule has 200 valence electrons. The summed E-state index contributed by atoms with van der Waals surface area (Å²) in [5.74, 6) is 0.419. The van der Waals surface area contributed by atoms with Crippen molar-refractivity contribution in [3.05, 3.63) is 23.8 Å². The Hall–Kier alpha value is -0.990. The second-order valence-corrected chi connectivity index (χ2v) is 12.6. The van der Waals surface area contributed by atoms with Crippen LogP contribution in [-0.4, -0.2) is 54.1 Å². The molecule has 0 amide bonds. The minimum Gasteiger partial charge on any atom is -0.393 e. The zero-order valence-electron chi connectivity index (χ0n) is 22.0. The summed E-state index contributed by atoms with van der Waals surface area (Å²) < 4.78 is 17.5. The van der Waals surface area contributed by atoms with E-state index in [2.05, 4.69) is 13.8 Å². The number of aliphatic hydroxyl groups excluding tert-OH is 1. The summed E-state index contributed by atoms with van der Waals surface area (Å²) in [6.45, 7) is 4.35. The SMILES string of the molecule is C1CCCCC1.CSOCC(=O)C12OCOC1CC1C3CCC4=CC(=O)C=CC4(C)C3C(O)CC12C. The van der Waals surface area contributed by atoms with Crippen molar-refractivity contribution in [3.8, 4) is 0 Å². The summed E-state index contributed by atoms with van der Waals surface area (Å²) in [6.07, 6.45) is 18.3. The first kappa shape index (κ1) is 26.6. The van der Waals surface area contributed by atoms with Gasteiger partial charge in [-0.05, 0) is 61.7 Å². The lowest BCUT2D eigenvalue weighted by Gasteiger charge is -2.59. The Balaban J connectivity index is 0.000000391. The van der Waals surface area contributed by atoms with Gasteiger partial charge in [0, 0.05) is 23.0 Å². The summed E-state index contributed by atoms with van der Waals surface area (Å²) >= 11 is 1.17. The van der Waals surface area contributed by atoms with E-state index in [1.807, 2.05) is 6.08 Å². The van der Waals surface area contributed by atoms with Crippen LogP contribution < -0.4 is 0 Å². The minimum absolute atomic E-state index is 0.0216. The molecule has 6 rings (SSSR count). The Morgan fingerprint density at radius 2 is 1.89 bits per heavy atom. The lowest BCUT2D eigenvalue weighted by Crippen LogP contribution is -2.63. The lowest BCUT2D eigenvalue weighted by molar-refractivity contribution is -0.184. The highest BCUT2D eigenvalue weighted by atomic mass is 32.2. The van der Waals surface area contributed by atoms with E-state index in [4.69, 9.17) is 13.7 Å². The molecular formula is C29H42O6S. The number of hydrogen-bond acceptors (Lipinski definition) is 7. The number of ketones is 2. The lowest BCUT2D eigenvalue weighted by atomic mass is 9.46. The van der Waals surface area contributed by atoms with Gasteiger partial charge in [-0.1, -0.05) is 64.0 Å². The maximum Gasteiger partial charge on any atom is 0.194 e. The molecule has 7 heteroatoms. The van der Waals surface area contributed by atoms with Crippen LogP contribution in [0.1, 0.15) is 78.1 Å². The van der Waals surface area contributed by atoms with Gasteiger partial charge in [0.05, 0.1) is 12.2 Å². The number of Topliss-reactive ketones (excluding diaryl/α,β-unsaturated/α-hetero) is 1. The summed E-state index contributed by atoms with van der Waals surface area (Å²) in [7, 11) is 0. The van der Waals surface area contributed by atoms with E-state index < -0.39 is 17.1 Å². The monoisotopic (exact) mass is 518 g/mol. The number of carbonyl (C=O) groups is 2. The number of fused-ring (bicyclic) bond motifs is 7. The number of carbonyl (C=O) groups excluding carboxylic acids is 2. The van der Waals surface area contributed by atoms with Gasteiger partial charge in [-0.3, -0.25) is 9.59 Å². The first-order valence-electron chi connectivity index (χ1n) is 13.8. The predicted molar refractivity (Wildman–Crippen MR) is 139 cm³/mol. The standard InChI is InChI=1S/C23H30O6S.C6H12/c1-21-7-6-14(24)8-13(21)4-5-15-16-9-19-23(28-12-27-19,18(26)11-29-30-3)22(16,2)10-17(25)20(15)21;1-2-4-6-5-3-1/h6-8,15-17,19-20,25H,4-5,9-12H2,1-3H3;1-6H2. The van der Waals surface area contributed by atoms with Crippen LogP contribution in [-0.2, 0) is 23.2 Å². The van der Waals surface area contributed by atoms with Crippen LogP contribution in [0.25, 0.3) is 0 Å². The largest absolute Gasteiger partial charge is 0.393 e. The topological polar surface area (TPSA) is 82.1 Å². The molecule has 5 aliphatic carbocycles. The Kier molecular flexibility index (Phi) is 7.61. The van der Waals surface area contributed by atoms with Crippen molar-refractivity contribution in [1.82, 2.24) is 0 Å². The summed E-state index contributed by atoms with van der Waals surface area (Å²) in [5, 5.41) is 11.5. The van der Waals surface area contributed by atoms with Crippen molar-refractivity contribution in [2.45, 2.75) is 95.9 Å². The molecule has 6 nitrogen and oxygen atoms in total. The van der Waals surface area contributed by atoms with E-state index in [9.17, 15) is 14.7 Å². The smallest absolute Gasteiger partial charge is 0.194 e. The van der Waals surface area contributed by atoms with Gasteiger partial charge in [0.2, 0.25) is 0 Å². The Bertz CT molecular complexity index is 915. The first-order valence-corrected chi connectivity index (χ1v) is 15.0. The van der Waals surface area contributed by atoms with Gasteiger partial charge >= 0.3 is 0 Å². The van der Waals surface area contributed by atoms with Gasteiger partial charge in [0.1, 0.15) is 13.4 Å². The van der Waals surface area contributed by atoms with E-state index >= 15 is 0 Å². The van der Waals surface area contributed by atoms with Crippen LogP contribution in [0.15, 0.2) is 23.8 Å². The van der Waals surface area contributed by atoms with Crippen LogP contribution in [0.4, 0.5) is 0 Å². The van der Waals surface area contributed by atoms with Crippen LogP contribution in [0.5, 0.6) is 0 Å². The zero-order valence-corrected chi connectivity index (χ0v) is 22.8. The molecule has 6 aliphatic rings. The minimum atomic E-state index is -1.06. The van der Waals surface area contributed by atoms with Crippen LogP contribution in [0, 0.1) is 28.6 Å². The van der Waals surface area contributed by atoms with E-state index in [1.165, 1.54) is 50.6 Å². The molecule has 8 atom stereocenters. The molecule has 0 aromatic rings. The first-order chi connectivity index (χ1) is 17.3. The molecule has 0 bridgehead atoms. The fourth-order valence-corrected chi connectivity index (χ4v) is 9.03. The quantitative estimate of drug-likeness (QED) is 0.513.